The molecule has 0 fully saturated rings. The van der Waals surface area contributed by atoms with Crippen molar-refractivity contribution in [1.82, 2.24) is 0 Å². The van der Waals surface area contributed by atoms with Gasteiger partial charge in [0.05, 0.1) is 18.0 Å². The molecule has 0 heterocycles. The van der Waals surface area contributed by atoms with Crippen LogP contribution < -0.4 is 51.4 Å². The molecule has 0 aromatic heterocycles. The monoisotopic (exact) mass is 218 g/mol. The van der Waals surface area contributed by atoms with E-state index >= 15 is 0 Å². The van der Waals surface area contributed by atoms with Gasteiger partial charge in [-0.15, -0.1) is 0 Å². The van der Waals surface area contributed by atoms with Crippen molar-refractivity contribution < 1.29 is 64.3 Å². The van der Waals surface area contributed by atoms with Crippen LogP contribution in [0.3, 0.4) is 0 Å². The fraction of sp³-hybridized carbons (Fsp3) is 1.00. The summed E-state index contributed by atoms with van der Waals surface area (Å²) in [5, 5.41) is 0. The van der Waals surface area contributed by atoms with Gasteiger partial charge in [0.25, 0.3) is 0 Å². The Hall–Kier alpha value is 1.71. The normalized spacial score (nSPS) is 12.2. The Morgan fingerprint density at radius 1 is 1.25 bits per heavy atom. The summed E-state index contributed by atoms with van der Waals surface area (Å²) in [6, 6.07) is 0. The van der Waals surface area contributed by atoms with E-state index < -0.39 is 11.4 Å². The van der Waals surface area contributed by atoms with Gasteiger partial charge in [-0.1, -0.05) is 32.6 Å². The third-order valence-electron chi connectivity index (χ3n) is 1.43. The van der Waals surface area contributed by atoms with Crippen LogP contribution in [0.15, 0.2) is 0 Å². The van der Waals surface area contributed by atoms with Gasteiger partial charge < -0.3 is 8.74 Å². The molecule has 12 heavy (non-hydrogen) atoms. The van der Waals surface area contributed by atoms with Gasteiger partial charge in [0, 0.05) is 0 Å². The molecule has 0 amide bonds. The Kier molecular flexibility index (Phi) is 17.1. The first-order valence-electron chi connectivity index (χ1n) is 4.00. The van der Waals surface area contributed by atoms with Crippen molar-refractivity contribution in [3.8, 4) is 0 Å². The second-order valence-corrected chi connectivity index (χ2v) is 3.08. The molecule has 68 valence electrons. The molecule has 1 atom stereocenters. The number of hydrogen-bond donors (Lipinski definition) is 0. The van der Waals surface area contributed by atoms with Gasteiger partial charge in [-0.2, -0.15) is 0 Å². The van der Waals surface area contributed by atoms with E-state index in [1.165, 1.54) is 19.3 Å². The zero-order valence-electron chi connectivity index (χ0n) is 7.88. The summed E-state index contributed by atoms with van der Waals surface area (Å²) in [6.45, 7) is 2.48. The molecule has 0 rings (SSSR count). The molecule has 0 aliphatic carbocycles. The molecule has 0 saturated heterocycles. The summed E-state index contributed by atoms with van der Waals surface area (Å²) in [5.74, 6) is 0. The maximum absolute atomic E-state index is 9.87. The Morgan fingerprint density at radius 3 is 2.33 bits per heavy atom. The molecular weight excluding hydrogens is 203 g/mol. The van der Waals surface area contributed by atoms with Crippen molar-refractivity contribution in [3.05, 3.63) is 0 Å². The van der Waals surface area contributed by atoms with Crippen molar-refractivity contribution in [3.63, 3.8) is 0 Å². The molecule has 0 spiro atoms. The molecule has 0 aromatic carbocycles. The van der Waals surface area contributed by atoms with Gasteiger partial charge in [-0.05, 0) is 6.42 Å². The van der Waals surface area contributed by atoms with Crippen LogP contribution in [0.2, 0.25) is 0 Å². The summed E-state index contributed by atoms with van der Waals surface area (Å²) >= 11 is -2.32. The molecule has 3 nitrogen and oxygen atoms in total. The Labute approximate surface area is 120 Å². The first-order chi connectivity index (χ1) is 5.27. The van der Waals surface area contributed by atoms with E-state index in [1.807, 2.05) is 0 Å². The maximum atomic E-state index is 9.87. The Morgan fingerprint density at radius 2 is 1.83 bits per heavy atom. The summed E-state index contributed by atoms with van der Waals surface area (Å²) in [5.41, 5.74) is 0. The number of unbranched alkanes of at least 4 members (excludes halogenated alkanes) is 4. The fourth-order valence-corrected chi connectivity index (χ4v) is 1.09. The zero-order chi connectivity index (χ0) is 8.53. The molecular formula is C7H15KO3S. The van der Waals surface area contributed by atoms with Gasteiger partial charge in [0.1, 0.15) is 0 Å². The van der Waals surface area contributed by atoms with Crippen LogP contribution in [0.1, 0.15) is 39.0 Å². The van der Waals surface area contributed by atoms with Crippen molar-refractivity contribution >= 4 is 11.4 Å². The number of rotatable bonds is 7. The smallest absolute Gasteiger partial charge is 0.750 e. The summed E-state index contributed by atoms with van der Waals surface area (Å²) in [4.78, 5) is 0. The van der Waals surface area contributed by atoms with Crippen LogP contribution in [-0.4, -0.2) is 15.4 Å². The van der Waals surface area contributed by atoms with Gasteiger partial charge >= 0.3 is 51.4 Å². The first kappa shape index (κ1) is 16.1. The zero-order valence-corrected chi connectivity index (χ0v) is 11.8. The van der Waals surface area contributed by atoms with E-state index in [1.54, 1.807) is 0 Å². The maximum Gasteiger partial charge on any atom is 1.00 e. The molecule has 0 N–H and O–H groups in total. The van der Waals surface area contributed by atoms with E-state index in [0.29, 0.717) is 6.61 Å². The fourth-order valence-electron chi connectivity index (χ4n) is 0.833. The average Bonchev–Trinajstić information content (AvgIpc) is 1.96. The predicted octanol–water partition coefficient (Wildman–Crippen LogP) is -1.23. The minimum absolute atomic E-state index is 0. The van der Waals surface area contributed by atoms with Crippen LogP contribution in [0.25, 0.3) is 0 Å². The van der Waals surface area contributed by atoms with Crippen molar-refractivity contribution in [1.29, 1.82) is 0 Å². The van der Waals surface area contributed by atoms with Gasteiger partial charge in [-0.3, -0.25) is 0 Å². The minimum Gasteiger partial charge on any atom is -0.750 e. The Balaban J connectivity index is 0. The molecule has 0 aliphatic rings. The van der Waals surface area contributed by atoms with E-state index in [4.69, 9.17) is 0 Å². The van der Waals surface area contributed by atoms with E-state index in [9.17, 15) is 8.76 Å². The second-order valence-electron chi connectivity index (χ2n) is 2.44. The second kappa shape index (κ2) is 12.7. The molecule has 0 bridgehead atoms. The van der Waals surface area contributed by atoms with Gasteiger partial charge in [0.15, 0.2) is 0 Å². The molecule has 5 heteroatoms. The first-order valence-corrected chi connectivity index (χ1v) is 5.00. The minimum atomic E-state index is -2.32. The third-order valence-corrected chi connectivity index (χ3v) is 1.79. The van der Waals surface area contributed by atoms with Crippen LogP contribution in [0, 0.1) is 0 Å². The van der Waals surface area contributed by atoms with E-state index in [-0.39, 0.29) is 51.4 Å². The predicted molar refractivity (Wildman–Crippen MR) is 43.6 cm³/mol. The SMILES string of the molecule is CCCCCCCOS(=O)[O-].[K+]. The molecule has 0 aromatic rings. The largest absolute Gasteiger partial charge is 1.00 e. The van der Waals surface area contributed by atoms with E-state index in [0.717, 1.165) is 12.8 Å². The molecule has 0 saturated carbocycles. The third kappa shape index (κ3) is 14.2. The summed E-state index contributed by atoms with van der Waals surface area (Å²) in [6.07, 6.45) is 5.50. The van der Waals surface area contributed by atoms with Crippen molar-refractivity contribution in [2.45, 2.75) is 39.0 Å². The molecule has 0 aliphatic heterocycles. The Bertz CT molecular complexity index is 111. The van der Waals surface area contributed by atoms with Crippen molar-refractivity contribution in [2.75, 3.05) is 6.61 Å². The van der Waals surface area contributed by atoms with E-state index in [2.05, 4.69) is 11.1 Å². The van der Waals surface area contributed by atoms with Crippen LogP contribution in [0.5, 0.6) is 0 Å². The number of hydrogen-bond acceptors (Lipinski definition) is 3. The summed E-state index contributed by atoms with van der Waals surface area (Å²) in [7, 11) is 0. The van der Waals surface area contributed by atoms with Crippen LogP contribution in [0.4, 0.5) is 0 Å². The topological polar surface area (TPSA) is 49.4 Å². The average molecular weight is 218 g/mol. The van der Waals surface area contributed by atoms with Crippen molar-refractivity contribution in [2.24, 2.45) is 0 Å². The molecule has 1 unspecified atom stereocenters. The van der Waals surface area contributed by atoms with Crippen LogP contribution >= 0.6 is 0 Å². The van der Waals surface area contributed by atoms with Crippen LogP contribution in [-0.2, 0) is 15.5 Å². The quantitative estimate of drug-likeness (QED) is 0.305. The van der Waals surface area contributed by atoms with Gasteiger partial charge in [0.2, 0.25) is 0 Å². The van der Waals surface area contributed by atoms with Gasteiger partial charge in [-0.25, -0.2) is 4.21 Å². The summed E-state index contributed by atoms with van der Waals surface area (Å²) < 4.78 is 24.1. The standard InChI is InChI=1S/C7H16O3S.K/c1-2-3-4-5-6-7-10-11(8)9;/h2-7H2,1H3,(H,8,9);/q;+1/p-1. The molecule has 0 radical (unpaired) electrons.